The van der Waals surface area contributed by atoms with Crippen molar-refractivity contribution in [2.75, 3.05) is 0 Å². The van der Waals surface area contributed by atoms with E-state index in [4.69, 9.17) is 4.42 Å². The van der Waals surface area contributed by atoms with Crippen LogP contribution in [0.3, 0.4) is 0 Å². The molecule has 0 saturated heterocycles. The van der Waals surface area contributed by atoms with Crippen LogP contribution in [-0.4, -0.2) is 10.9 Å². The van der Waals surface area contributed by atoms with Crippen molar-refractivity contribution in [3.8, 4) is 0 Å². The van der Waals surface area contributed by atoms with Gasteiger partial charge in [-0.05, 0) is 38.1 Å². The Kier molecular flexibility index (Phi) is 3.55. The number of para-hydroxylation sites is 1. The van der Waals surface area contributed by atoms with E-state index in [-0.39, 0.29) is 11.6 Å². The van der Waals surface area contributed by atoms with Crippen LogP contribution < -0.4 is 10.9 Å². The van der Waals surface area contributed by atoms with Gasteiger partial charge in [0.15, 0.2) is 0 Å². The maximum atomic E-state index is 12.2. The molecule has 0 saturated carbocycles. The van der Waals surface area contributed by atoms with E-state index in [1.807, 2.05) is 37.3 Å². The molecule has 0 aliphatic rings. The lowest BCUT2D eigenvalue weighted by atomic mass is 10.2. The molecule has 0 bridgehead atoms. The molecule has 2 aromatic heterocycles. The monoisotopic (exact) mass is 296 g/mol. The fourth-order valence-corrected chi connectivity index (χ4v) is 2.31. The van der Waals surface area contributed by atoms with Crippen molar-refractivity contribution in [2.24, 2.45) is 0 Å². The second kappa shape index (κ2) is 5.52. The summed E-state index contributed by atoms with van der Waals surface area (Å²) in [6.07, 6.45) is 0. The summed E-state index contributed by atoms with van der Waals surface area (Å²) in [4.78, 5) is 26.6. The number of aromatic nitrogens is 1. The van der Waals surface area contributed by atoms with E-state index in [1.54, 1.807) is 13.0 Å². The Morgan fingerprint density at radius 2 is 2.00 bits per heavy atom. The van der Waals surface area contributed by atoms with E-state index in [1.165, 1.54) is 6.07 Å². The van der Waals surface area contributed by atoms with Gasteiger partial charge in [0.05, 0.1) is 6.04 Å². The van der Waals surface area contributed by atoms with Gasteiger partial charge < -0.3 is 14.7 Å². The van der Waals surface area contributed by atoms with Crippen LogP contribution in [0.4, 0.5) is 0 Å². The van der Waals surface area contributed by atoms with Gasteiger partial charge in [0.1, 0.15) is 16.9 Å². The lowest BCUT2D eigenvalue weighted by molar-refractivity contribution is 0.0934. The lowest BCUT2D eigenvalue weighted by Crippen LogP contribution is -2.31. The number of furan rings is 1. The highest BCUT2D eigenvalue weighted by molar-refractivity contribution is 5.94. The van der Waals surface area contributed by atoms with Gasteiger partial charge in [-0.25, -0.2) is 0 Å². The third kappa shape index (κ3) is 2.65. The molecule has 1 amide bonds. The van der Waals surface area contributed by atoms with Crippen LogP contribution in [0.5, 0.6) is 0 Å². The summed E-state index contributed by atoms with van der Waals surface area (Å²) >= 11 is 0. The first-order valence-corrected chi connectivity index (χ1v) is 7.04. The number of fused-ring (bicyclic) bond motifs is 1. The van der Waals surface area contributed by atoms with Crippen molar-refractivity contribution in [2.45, 2.75) is 19.9 Å². The van der Waals surface area contributed by atoms with E-state index in [2.05, 4.69) is 10.3 Å². The fraction of sp³-hybridized carbons (Fsp3) is 0.176. The second-order valence-electron chi connectivity index (χ2n) is 5.27. The standard InChI is InChI=1S/C17H16N2O3/c1-10-7-8-13(16(20)18-10)17(21)19-11(2)15-9-12-5-3-4-6-14(12)22-15/h3-9,11H,1-2H3,(H,18,20)(H,19,21). The van der Waals surface area contributed by atoms with Crippen molar-refractivity contribution in [3.05, 3.63) is 69.8 Å². The minimum Gasteiger partial charge on any atom is -0.459 e. The molecule has 2 N–H and O–H groups in total. The van der Waals surface area contributed by atoms with Crippen LogP contribution in [-0.2, 0) is 0 Å². The van der Waals surface area contributed by atoms with Crippen molar-refractivity contribution >= 4 is 16.9 Å². The molecule has 5 nitrogen and oxygen atoms in total. The summed E-state index contributed by atoms with van der Waals surface area (Å²) in [5.41, 5.74) is 1.18. The van der Waals surface area contributed by atoms with E-state index in [0.29, 0.717) is 11.5 Å². The fourth-order valence-electron chi connectivity index (χ4n) is 2.31. The zero-order valence-electron chi connectivity index (χ0n) is 12.3. The number of carbonyl (C=O) groups is 1. The predicted octanol–water partition coefficient (Wildman–Crippen LogP) is 2.92. The van der Waals surface area contributed by atoms with Gasteiger partial charge in [-0.1, -0.05) is 18.2 Å². The number of carbonyl (C=O) groups excluding carboxylic acids is 1. The Hall–Kier alpha value is -2.82. The molecular formula is C17H16N2O3. The van der Waals surface area contributed by atoms with Crippen LogP contribution in [0.15, 0.2) is 51.7 Å². The molecule has 1 aromatic carbocycles. The molecule has 22 heavy (non-hydrogen) atoms. The highest BCUT2D eigenvalue weighted by Crippen LogP contribution is 2.23. The first-order valence-electron chi connectivity index (χ1n) is 7.04. The molecule has 3 aromatic rings. The average molecular weight is 296 g/mol. The topological polar surface area (TPSA) is 75.1 Å². The van der Waals surface area contributed by atoms with E-state index in [0.717, 1.165) is 11.0 Å². The van der Waals surface area contributed by atoms with Crippen LogP contribution in [0.25, 0.3) is 11.0 Å². The van der Waals surface area contributed by atoms with Gasteiger partial charge in [-0.2, -0.15) is 0 Å². The maximum absolute atomic E-state index is 12.2. The van der Waals surface area contributed by atoms with Gasteiger partial charge in [0.2, 0.25) is 0 Å². The summed E-state index contributed by atoms with van der Waals surface area (Å²) < 4.78 is 5.72. The molecule has 0 fully saturated rings. The minimum absolute atomic E-state index is 0.0913. The third-order valence-corrected chi connectivity index (χ3v) is 3.52. The summed E-state index contributed by atoms with van der Waals surface area (Å²) in [7, 11) is 0. The highest BCUT2D eigenvalue weighted by atomic mass is 16.3. The largest absolute Gasteiger partial charge is 0.459 e. The number of aromatic amines is 1. The lowest BCUT2D eigenvalue weighted by Gasteiger charge is -2.11. The highest BCUT2D eigenvalue weighted by Gasteiger charge is 2.17. The molecule has 1 atom stereocenters. The predicted molar refractivity (Wildman–Crippen MR) is 83.9 cm³/mol. The molecule has 0 spiro atoms. The average Bonchev–Trinajstić information content (AvgIpc) is 2.91. The van der Waals surface area contributed by atoms with Crippen LogP contribution >= 0.6 is 0 Å². The van der Waals surface area contributed by atoms with Gasteiger partial charge in [-0.15, -0.1) is 0 Å². The summed E-state index contributed by atoms with van der Waals surface area (Å²) in [6, 6.07) is 12.4. The number of amides is 1. The van der Waals surface area contributed by atoms with Gasteiger partial charge in [0.25, 0.3) is 11.5 Å². The van der Waals surface area contributed by atoms with Gasteiger partial charge in [-0.3, -0.25) is 9.59 Å². The van der Waals surface area contributed by atoms with E-state index < -0.39 is 11.5 Å². The number of H-pyrrole nitrogens is 1. The first kappa shape index (κ1) is 14.1. The zero-order valence-corrected chi connectivity index (χ0v) is 12.3. The van der Waals surface area contributed by atoms with Crippen molar-refractivity contribution in [3.63, 3.8) is 0 Å². The summed E-state index contributed by atoms with van der Waals surface area (Å²) in [6.45, 7) is 3.58. The molecule has 5 heteroatoms. The van der Waals surface area contributed by atoms with Crippen molar-refractivity contribution in [1.82, 2.24) is 10.3 Å². The van der Waals surface area contributed by atoms with E-state index >= 15 is 0 Å². The minimum atomic E-state index is -0.422. The number of benzene rings is 1. The number of hydrogen-bond donors (Lipinski definition) is 2. The summed E-state index contributed by atoms with van der Waals surface area (Å²) in [5.74, 6) is 0.229. The Morgan fingerprint density at radius 1 is 1.23 bits per heavy atom. The quantitative estimate of drug-likeness (QED) is 0.780. The zero-order chi connectivity index (χ0) is 15.7. The summed E-state index contributed by atoms with van der Waals surface area (Å²) in [5, 5.41) is 3.76. The van der Waals surface area contributed by atoms with Crippen molar-refractivity contribution < 1.29 is 9.21 Å². The smallest absolute Gasteiger partial charge is 0.260 e. The first-order chi connectivity index (χ1) is 10.5. The number of aryl methyl sites for hydroxylation is 1. The molecular weight excluding hydrogens is 280 g/mol. The molecule has 0 aliphatic heterocycles. The molecule has 0 radical (unpaired) electrons. The van der Waals surface area contributed by atoms with Crippen LogP contribution in [0.2, 0.25) is 0 Å². The van der Waals surface area contributed by atoms with Crippen LogP contribution in [0, 0.1) is 6.92 Å². The molecule has 112 valence electrons. The molecule has 0 aliphatic carbocycles. The van der Waals surface area contributed by atoms with Gasteiger partial charge in [0, 0.05) is 11.1 Å². The number of hydrogen-bond acceptors (Lipinski definition) is 3. The molecule has 1 unspecified atom stereocenters. The van der Waals surface area contributed by atoms with Gasteiger partial charge >= 0.3 is 0 Å². The van der Waals surface area contributed by atoms with E-state index in [9.17, 15) is 9.59 Å². The Labute approximate surface area is 127 Å². The van der Waals surface area contributed by atoms with Crippen molar-refractivity contribution in [1.29, 1.82) is 0 Å². The maximum Gasteiger partial charge on any atom is 0.260 e. The number of rotatable bonds is 3. The number of nitrogens with one attached hydrogen (secondary N) is 2. The molecule has 3 rings (SSSR count). The SMILES string of the molecule is Cc1ccc(C(=O)NC(C)c2cc3ccccc3o2)c(=O)[nH]1. The Bertz CT molecular complexity index is 859. The Morgan fingerprint density at radius 3 is 2.73 bits per heavy atom. The third-order valence-electron chi connectivity index (χ3n) is 3.52. The normalized spacial score (nSPS) is 12.3. The Balaban J connectivity index is 1.82. The molecule has 2 heterocycles. The number of pyridine rings is 1. The van der Waals surface area contributed by atoms with Crippen LogP contribution in [0.1, 0.15) is 34.8 Å². The second-order valence-corrected chi connectivity index (χ2v) is 5.27.